The molecular weight excluding hydrogens is 881 g/mol. The van der Waals surface area contributed by atoms with E-state index in [4.69, 9.17) is 14.2 Å². The minimum absolute atomic E-state index is 0.0169. The molecular formula is C68H66O4. The Labute approximate surface area is 426 Å². The van der Waals surface area contributed by atoms with Crippen molar-refractivity contribution in [3.8, 4) is 22.3 Å². The van der Waals surface area contributed by atoms with Gasteiger partial charge >= 0.3 is 0 Å². The van der Waals surface area contributed by atoms with Crippen LogP contribution in [0.1, 0.15) is 126 Å². The lowest BCUT2D eigenvalue weighted by Gasteiger charge is -2.36. The van der Waals surface area contributed by atoms with Crippen molar-refractivity contribution < 1.29 is 19.3 Å². The molecule has 4 nitrogen and oxygen atoms in total. The molecule has 1 unspecified atom stereocenters. The highest BCUT2D eigenvalue weighted by atomic mass is 16.5. The Kier molecular flexibility index (Phi) is 13.8. The molecule has 11 rings (SSSR count). The highest BCUT2D eigenvalue weighted by Crippen LogP contribution is 2.64. The highest BCUT2D eigenvalue weighted by Gasteiger charge is 2.52. The van der Waals surface area contributed by atoms with Gasteiger partial charge in [-0.1, -0.05) is 210 Å². The SMILES string of the molecule is CCCCOCc1ccc(C2(c3ccc(CO)cc3)c3cc4c(cc3-c3c2ccc2ccccc32)C(c2ccc(COCCCC)cc2)(c2ccc(COCCCC)cc2)c2ccc3ccccc3c2-4)cc1. The van der Waals surface area contributed by atoms with Gasteiger partial charge in [0.1, 0.15) is 0 Å². The number of ether oxygens (including phenoxy) is 3. The van der Waals surface area contributed by atoms with Gasteiger partial charge in [0.25, 0.3) is 0 Å². The Balaban J connectivity index is 1.22. The van der Waals surface area contributed by atoms with E-state index in [1.165, 1.54) is 93.9 Å². The van der Waals surface area contributed by atoms with Crippen LogP contribution in [-0.4, -0.2) is 24.9 Å². The molecule has 0 saturated heterocycles. The van der Waals surface area contributed by atoms with Crippen LogP contribution < -0.4 is 0 Å². The first-order valence-electron chi connectivity index (χ1n) is 26.5. The summed E-state index contributed by atoms with van der Waals surface area (Å²) in [6.07, 6.45) is 6.49. The molecule has 9 aromatic rings. The fourth-order valence-corrected chi connectivity index (χ4v) is 12.0. The van der Waals surface area contributed by atoms with E-state index in [0.717, 1.165) is 75.0 Å². The third kappa shape index (κ3) is 8.19. The summed E-state index contributed by atoms with van der Waals surface area (Å²) in [6.45, 7) is 10.6. The number of fused-ring (bicyclic) bond motifs is 10. The van der Waals surface area contributed by atoms with Crippen molar-refractivity contribution in [1.82, 2.24) is 0 Å². The van der Waals surface area contributed by atoms with Crippen LogP contribution >= 0.6 is 0 Å². The molecule has 0 aromatic heterocycles. The quantitative estimate of drug-likeness (QED) is 0.0774. The summed E-state index contributed by atoms with van der Waals surface area (Å²) in [6, 6.07) is 69.0. The molecule has 0 fully saturated rings. The minimum atomic E-state index is -0.700. The van der Waals surface area contributed by atoms with E-state index in [1.807, 2.05) is 0 Å². The van der Waals surface area contributed by atoms with Crippen LogP contribution in [0, 0.1) is 0 Å². The number of aliphatic hydroxyl groups is 1. The number of aliphatic hydroxyl groups excluding tert-OH is 1. The Bertz CT molecular complexity index is 3280. The molecule has 1 atom stereocenters. The molecule has 362 valence electrons. The fraction of sp³-hybridized carbons (Fsp3) is 0.265. The maximum absolute atomic E-state index is 10.4. The summed E-state index contributed by atoms with van der Waals surface area (Å²) < 4.78 is 18.5. The second-order valence-corrected chi connectivity index (χ2v) is 20.0. The van der Waals surface area contributed by atoms with E-state index in [9.17, 15) is 5.11 Å². The second-order valence-electron chi connectivity index (χ2n) is 20.0. The van der Waals surface area contributed by atoms with Crippen molar-refractivity contribution in [2.75, 3.05) is 19.8 Å². The van der Waals surface area contributed by atoms with E-state index < -0.39 is 10.8 Å². The molecule has 0 amide bonds. The molecule has 72 heavy (non-hydrogen) atoms. The summed E-state index contributed by atoms with van der Waals surface area (Å²) in [5.41, 5.74) is 17.9. The predicted octanol–water partition coefficient (Wildman–Crippen LogP) is 16.2. The summed E-state index contributed by atoms with van der Waals surface area (Å²) >= 11 is 0. The lowest BCUT2D eigenvalue weighted by molar-refractivity contribution is 0.118. The largest absolute Gasteiger partial charge is 0.392 e. The highest BCUT2D eigenvalue weighted by molar-refractivity contribution is 6.09. The number of hydrogen-bond acceptors (Lipinski definition) is 4. The van der Waals surface area contributed by atoms with Crippen LogP contribution in [0.25, 0.3) is 43.8 Å². The summed E-state index contributed by atoms with van der Waals surface area (Å²) in [7, 11) is 0. The molecule has 0 bridgehead atoms. The van der Waals surface area contributed by atoms with E-state index in [-0.39, 0.29) is 6.61 Å². The maximum Gasteiger partial charge on any atom is 0.0716 e. The van der Waals surface area contributed by atoms with Crippen LogP contribution in [0.4, 0.5) is 0 Å². The molecule has 4 heteroatoms. The molecule has 0 aliphatic heterocycles. The fourth-order valence-electron chi connectivity index (χ4n) is 12.0. The number of rotatable bonds is 20. The van der Waals surface area contributed by atoms with Crippen LogP contribution in [0.5, 0.6) is 0 Å². The Morgan fingerprint density at radius 1 is 0.361 bits per heavy atom. The molecule has 9 aromatic carbocycles. The van der Waals surface area contributed by atoms with Crippen LogP contribution in [-0.2, 0) is 51.5 Å². The normalized spacial score (nSPS) is 15.2. The third-order valence-electron chi connectivity index (χ3n) is 15.6. The van der Waals surface area contributed by atoms with Crippen molar-refractivity contribution in [2.45, 2.75) is 96.6 Å². The van der Waals surface area contributed by atoms with Gasteiger partial charge in [-0.2, -0.15) is 0 Å². The molecule has 2 aliphatic rings. The zero-order valence-electron chi connectivity index (χ0n) is 42.2. The average molecular weight is 947 g/mol. The summed E-state index contributed by atoms with van der Waals surface area (Å²) in [5, 5.41) is 15.3. The van der Waals surface area contributed by atoms with Gasteiger partial charge in [-0.25, -0.2) is 0 Å². The summed E-state index contributed by atoms with van der Waals surface area (Å²) in [4.78, 5) is 0. The third-order valence-corrected chi connectivity index (χ3v) is 15.6. The standard InChI is InChI=1S/C68H66O4/c1-4-7-38-70-44-48-20-30-54(31-21-48)67(53-28-18-47(43-69)19-29-53)61-36-26-51-14-10-12-16-57(51)65(61)59-42-64-60(41-63(59)67)66-58-17-13-11-15-52(58)27-37-62(66)68(64,55-32-22-49(23-33-55)45-71-39-8-5-2)56-34-24-50(25-35-56)46-72-40-9-6-3/h10-37,41-42,69H,4-9,38-40,43-46H2,1-3H3. The zero-order valence-corrected chi connectivity index (χ0v) is 42.2. The Morgan fingerprint density at radius 3 is 1.03 bits per heavy atom. The van der Waals surface area contributed by atoms with Gasteiger partial charge in [-0.15, -0.1) is 0 Å². The lowest BCUT2D eigenvalue weighted by atomic mass is 9.65. The second kappa shape index (κ2) is 20.8. The number of benzene rings is 9. The van der Waals surface area contributed by atoms with Gasteiger partial charge in [0.2, 0.25) is 0 Å². The molecule has 0 spiro atoms. The maximum atomic E-state index is 10.4. The van der Waals surface area contributed by atoms with Crippen molar-refractivity contribution in [1.29, 1.82) is 0 Å². The zero-order chi connectivity index (χ0) is 49.1. The van der Waals surface area contributed by atoms with E-state index >= 15 is 0 Å². The van der Waals surface area contributed by atoms with Gasteiger partial charge in [0.05, 0.1) is 37.3 Å². The van der Waals surface area contributed by atoms with E-state index in [2.05, 4.69) is 203 Å². The molecule has 2 aliphatic carbocycles. The average Bonchev–Trinajstić information content (AvgIpc) is 3.90. The lowest BCUT2D eigenvalue weighted by Crippen LogP contribution is -2.30. The first kappa shape index (κ1) is 47.7. The van der Waals surface area contributed by atoms with Gasteiger partial charge in [-0.05, 0) is 142 Å². The van der Waals surface area contributed by atoms with Gasteiger partial charge in [-0.3, -0.25) is 0 Å². The molecule has 1 N–H and O–H groups in total. The van der Waals surface area contributed by atoms with Gasteiger partial charge < -0.3 is 19.3 Å². The van der Waals surface area contributed by atoms with Crippen molar-refractivity contribution in [3.05, 3.63) is 249 Å². The summed E-state index contributed by atoms with van der Waals surface area (Å²) in [5.74, 6) is 0. The van der Waals surface area contributed by atoms with E-state index in [1.54, 1.807) is 0 Å². The first-order valence-corrected chi connectivity index (χ1v) is 26.5. The number of unbranched alkanes of at least 4 members (excludes halogenated alkanes) is 3. The van der Waals surface area contributed by atoms with Gasteiger partial charge in [0.15, 0.2) is 0 Å². The Hall–Kier alpha value is -6.66. The molecule has 0 radical (unpaired) electrons. The predicted molar refractivity (Wildman–Crippen MR) is 296 cm³/mol. The van der Waals surface area contributed by atoms with Crippen LogP contribution in [0.3, 0.4) is 0 Å². The van der Waals surface area contributed by atoms with Crippen molar-refractivity contribution in [2.24, 2.45) is 0 Å². The molecule has 0 saturated carbocycles. The Morgan fingerprint density at radius 2 is 0.694 bits per heavy atom. The van der Waals surface area contributed by atoms with Crippen molar-refractivity contribution >= 4 is 21.5 Å². The minimum Gasteiger partial charge on any atom is -0.392 e. The van der Waals surface area contributed by atoms with Gasteiger partial charge in [0, 0.05) is 19.8 Å². The van der Waals surface area contributed by atoms with Crippen LogP contribution in [0.15, 0.2) is 182 Å². The smallest absolute Gasteiger partial charge is 0.0716 e. The topological polar surface area (TPSA) is 47.9 Å². The monoisotopic (exact) mass is 946 g/mol. The molecule has 0 heterocycles. The van der Waals surface area contributed by atoms with E-state index in [0.29, 0.717) is 19.8 Å². The number of hydrogen-bond donors (Lipinski definition) is 1. The van der Waals surface area contributed by atoms with Crippen LogP contribution in [0.2, 0.25) is 0 Å². The van der Waals surface area contributed by atoms with Crippen molar-refractivity contribution in [3.63, 3.8) is 0 Å². The first-order chi connectivity index (χ1) is 35.5.